The Balaban J connectivity index is 2.13. The van der Waals surface area contributed by atoms with Crippen LogP contribution in [0.5, 0.6) is 5.75 Å². The SMILES string of the molecule is Cc1cc(Br)ccc1OCc1ccc([N+](=O)[O-])cc1Br. The molecule has 0 unspecified atom stereocenters. The van der Waals surface area contributed by atoms with Crippen molar-refractivity contribution < 1.29 is 9.66 Å². The molecule has 0 heterocycles. The molecule has 0 atom stereocenters. The van der Waals surface area contributed by atoms with Crippen molar-refractivity contribution in [1.82, 2.24) is 0 Å². The Morgan fingerprint density at radius 1 is 1.20 bits per heavy atom. The lowest BCUT2D eigenvalue weighted by atomic mass is 10.2. The zero-order valence-corrected chi connectivity index (χ0v) is 13.8. The van der Waals surface area contributed by atoms with E-state index in [0.29, 0.717) is 11.1 Å². The molecule has 0 fully saturated rings. The summed E-state index contributed by atoms with van der Waals surface area (Å²) in [5.74, 6) is 0.790. The van der Waals surface area contributed by atoms with Crippen molar-refractivity contribution in [3.8, 4) is 5.75 Å². The van der Waals surface area contributed by atoms with E-state index in [1.807, 2.05) is 25.1 Å². The molecule has 20 heavy (non-hydrogen) atoms. The van der Waals surface area contributed by atoms with Gasteiger partial charge in [0.1, 0.15) is 12.4 Å². The molecule has 104 valence electrons. The predicted octanol–water partition coefficient (Wildman–Crippen LogP) is 5.01. The fourth-order valence-electron chi connectivity index (χ4n) is 1.70. The van der Waals surface area contributed by atoms with Gasteiger partial charge in [0.25, 0.3) is 5.69 Å². The number of aryl methyl sites for hydroxylation is 1. The van der Waals surface area contributed by atoms with Crippen LogP contribution in [0.15, 0.2) is 45.3 Å². The molecule has 0 aliphatic heterocycles. The number of ether oxygens (including phenoxy) is 1. The highest BCUT2D eigenvalue weighted by Crippen LogP contribution is 2.26. The maximum atomic E-state index is 10.7. The molecule has 0 aliphatic carbocycles. The molecule has 0 saturated heterocycles. The lowest BCUT2D eigenvalue weighted by molar-refractivity contribution is -0.384. The highest BCUT2D eigenvalue weighted by Gasteiger charge is 2.10. The Hall–Kier alpha value is -1.40. The van der Waals surface area contributed by atoms with Gasteiger partial charge in [0.05, 0.1) is 4.92 Å². The summed E-state index contributed by atoms with van der Waals surface area (Å²) in [6.45, 7) is 2.31. The first-order chi connectivity index (χ1) is 9.47. The molecule has 0 aromatic heterocycles. The number of nitrogens with zero attached hydrogens (tertiary/aromatic N) is 1. The zero-order valence-electron chi connectivity index (χ0n) is 10.6. The maximum Gasteiger partial charge on any atom is 0.270 e. The van der Waals surface area contributed by atoms with Crippen molar-refractivity contribution in [3.63, 3.8) is 0 Å². The van der Waals surface area contributed by atoms with Crippen LogP contribution in [0.25, 0.3) is 0 Å². The molecule has 0 spiro atoms. The van der Waals surface area contributed by atoms with Crippen LogP contribution < -0.4 is 4.74 Å². The van der Waals surface area contributed by atoms with Gasteiger partial charge in [-0.1, -0.05) is 31.9 Å². The number of rotatable bonds is 4. The monoisotopic (exact) mass is 399 g/mol. The van der Waals surface area contributed by atoms with E-state index in [-0.39, 0.29) is 5.69 Å². The number of benzene rings is 2. The Bertz CT molecular complexity index is 659. The van der Waals surface area contributed by atoms with E-state index in [2.05, 4.69) is 31.9 Å². The fraction of sp³-hybridized carbons (Fsp3) is 0.143. The summed E-state index contributed by atoms with van der Waals surface area (Å²) in [6.07, 6.45) is 0. The fourth-order valence-corrected chi connectivity index (χ4v) is 2.65. The van der Waals surface area contributed by atoms with E-state index < -0.39 is 4.92 Å². The van der Waals surface area contributed by atoms with Crippen molar-refractivity contribution in [3.05, 3.63) is 66.6 Å². The van der Waals surface area contributed by atoms with Gasteiger partial charge in [-0.3, -0.25) is 10.1 Å². The van der Waals surface area contributed by atoms with Crippen molar-refractivity contribution in [2.75, 3.05) is 0 Å². The Morgan fingerprint density at radius 2 is 1.95 bits per heavy atom. The molecule has 0 radical (unpaired) electrons. The Labute approximate surface area is 133 Å². The van der Waals surface area contributed by atoms with Gasteiger partial charge < -0.3 is 4.74 Å². The number of hydrogen-bond acceptors (Lipinski definition) is 3. The van der Waals surface area contributed by atoms with Crippen LogP contribution >= 0.6 is 31.9 Å². The minimum atomic E-state index is -0.422. The van der Waals surface area contributed by atoms with Crippen LogP contribution in [0, 0.1) is 17.0 Å². The summed E-state index contributed by atoms with van der Waals surface area (Å²) < 4.78 is 7.41. The number of non-ortho nitro benzene ring substituents is 1. The van der Waals surface area contributed by atoms with Gasteiger partial charge in [-0.05, 0) is 36.8 Å². The molecule has 0 N–H and O–H groups in total. The van der Waals surface area contributed by atoms with Crippen molar-refractivity contribution in [2.24, 2.45) is 0 Å². The van der Waals surface area contributed by atoms with Gasteiger partial charge in [0, 0.05) is 26.6 Å². The number of halogens is 2. The predicted molar refractivity (Wildman–Crippen MR) is 84.0 cm³/mol. The average molecular weight is 401 g/mol. The van der Waals surface area contributed by atoms with E-state index in [1.165, 1.54) is 12.1 Å². The molecular formula is C14H11Br2NO3. The molecule has 0 amide bonds. The Morgan fingerprint density at radius 3 is 2.55 bits per heavy atom. The lowest BCUT2D eigenvalue weighted by Crippen LogP contribution is -1.99. The first kappa shape index (κ1) is 15.0. The standard InChI is InChI=1S/C14H11Br2NO3/c1-9-6-11(15)3-5-14(9)20-8-10-2-4-12(17(18)19)7-13(10)16/h2-7H,8H2,1H3. The molecular weight excluding hydrogens is 390 g/mol. The first-order valence-corrected chi connectivity index (χ1v) is 7.38. The highest BCUT2D eigenvalue weighted by molar-refractivity contribution is 9.10. The minimum absolute atomic E-state index is 0.0560. The minimum Gasteiger partial charge on any atom is -0.489 e. The van der Waals surface area contributed by atoms with E-state index >= 15 is 0 Å². The van der Waals surface area contributed by atoms with Crippen molar-refractivity contribution in [2.45, 2.75) is 13.5 Å². The normalized spacial score (nSPS) is 10.3. The van der Waals surface area contributed by atoms with Crippen LogP contribution in [0.4, 0.5) is 5.69 Å². The quantitative estimate of drug-likeness (QED) is 0.535. The number of nitro benzene ring substituents is 1. The van der Waals surface area contributed by atoms with Crippen LogP contribution in [-0.2, 0) is 6.61 Å². The van der Waals surface area contributed by atoms with Gasteiger partial charge in [0.2, 0.25) is 0 Å². The molecule has 0 aliphatic rings. The molecule has 0 saturated carbocycles. The third kappa shape index (κ3) is 3.58. The smallest absolute Gasteiger partial charge is 0.270 e. The summed E-state index contributed by atoms with van der Waals surface area (Å²) in [4.78, 5) is 10.2. The molecule has 4 nitrogen and oxygen atoms in total. The second-order valence-electron chi connectivity index (χ2n) is 4.23. The van der Waals surface area contributed by atoms with Gasteiger partial charge in [0.15, 0.2) is 0 Å². The summed E-state index contributed by atoms with van der Waals surface area (Å²) in [5.41, 5.74) is 1.94. The number of hydrogen-bond donors (Lipinski definition) is 0. The third-order valence-corrected chi connectivity index (χ3v) is 4.00. The summed E-state index contributed by atoms with van der Waals surface area (Å²) >= 11 is 6.73. The van der Waals surface area contributed by atoms with Crippen LogP contribution in [0.2, 0.25) is 0 Å². The Kier molecular flexibility index (Phi) is 4.77. The molecule has 6 heteroatoms. The van der Waals surface area contributed by atoms with E-state index in [0.717, 1.165) is 21.3 Å². The third-order valence-electron chi connectivity index (χ3n) is 2.77. The maximum absolute atomic E-state index is 10.7. The van der Waals surface area contributed by atoms with Gasteiger partial charge in [-0.15, -0.1) is 0 Å². The van der Waals surface area contributed by atoms with Crippen LogP contribution in [0.3, 0.4) is 0 Å². The van der Waals surface area contributed by atoms with Crippen molar-refractivity contribution in [1.29, 1.82) is 0 Å². The highest BCUT2D eigenvalue weighted by atomic mass is 79.9. The van der Waals surface area contributed by atoms with Crippen LogP contribution in [0.1, 0.15) is 11.1 Å². The topological polar surface area (TPSA) is 52.4 Å². The van der Waals surface area contributed by atoms with Crippen molar-refractivity contribution >= 4 is 37.5 Å². The summed E-state index contributed by atoms with van der Waals surface area (Å²) in [5, 5.41) is 10.7. The van der Waals surface area contributed by atoms with Gasteiger partial charge in [-0.25, -0.2) is 0 Å². The second kappa shape index (κ2) is 6.37. The van der Waals surface area contributed by atoms with Crippen LogP contribution in [-0.4, -0.2) is 4.92 Å². The molecule has 2 aromatic rings. The van der Waals surface area contributed by atoms with Gasteiger partial charge in [-0.2, -0.15) is 0 Å². The summed E-state index contributed by atoms with van der Waals surface area (Å²) in [6, 6.07) is 10.4. The first-order valence-electron chi connectivity index (χ1n) is 5.79. The second-order valence-corrected chi connectivity index (χ2v) is 6.00. The van der Waals surface area contributed by atoms with E-state index in [4.69, 9.17) is 4.74 Å². The largest absolute Gasteiger partial charge is 0.489 e. The molecule has 0 bridgehead atoms. The average Bonchev–Trinajstić information content (AvgIpc) is 2.38. The summed E-state index contributed by atoms with van der Waals surface area (Å²) in [7, 11) is 0. The van der Waals surface area contributed by atoms with E-state index in [9.17, 15) is 10.1 Å². The van der Waals surface area contributed by atoms with E-state index in [1.54, 1.807) is 6.07 Å². The zero-order chi connectivity index (χ0) is 14.7. The van der Waals surface area contributed by atoms with Gasteiger partial charge >= 0.3 is 0 Å². The number of nitro groups is 1. The lowest BCUT2D eigenvalue weighted by Gasteiger charge is -2.10. The molecule has 2 rings (SSSR count). The molecule has 2 aromatic carbocycles.